The Hall–Kier alpha value is -1.50. The third kappa shape index (κ3) is 1.80. The van der Waals surface area contributed by atoms with Gasteiger partial charge >= 0.3 is 0 Å². The quantitative estimate of drug-likeness (QED) is 0.570. The zero-order chi connectivity index (χ0) is 12.6. The zero-order valence-electron chi connectivity index (χ0n) is 11.0. The first-order valence-corrected chi connectivity index (χ1v) is 6.21. The number of allylic oxidation sites excluding steroid dienone is 7. The number of hydrogen-bond acceptors (Lipinski definition) is 1. The fourth-order valence-corrected chi connectivity index (χ4v) is 2.95. The number of fused-ring (bicyclic) bond motifs is 1. The van der Waals surface area contributed by atoms with Crippen LogP contribution >= 0.6 is 0 Å². The average molecular weight is 227 g/mol. The molecule has 0 aliphatic heterocycles. The number of likely N-dealkylation sites (N-methyl/N-ethyl adjacent to an activating group) is 1. The van der Waals surface area contributed by atoms with Crippen LogP contribution in [0.3, 0.4) is 0 Å². The van der Waals surface area contributed by atoms with Gasteiger partial charge in [-0.3, -0.25) is 0 Å². The van der Waals surface area contributed by atoms with Gasteiger partial charge < -0.3 is 5.32 Å². The molecule has 1 N–H and O–H groups in total. The smallest absolute Gasteiger partial charge is 0.0379 e. The van der Waals surface area contributed by atoms with Gasteiger partial charge in [0.2, 0.25) is 0 Å². The summed E-state index contributed by atoms with van der Waals surface area (Å²) in [7, 11) is 1.97. The lowest BCUT2D eigenvalue weighted by Gasteiger charge is -2.42. The van der Waals surface area contributed by atoms with Crippen LogP contribution in [0.15, 0.2) is 59.4 Å². The van der Waals surface area contributed by atoms with Crippen LogP contribution in [-0.4, -0.2) is 7.05 Å². The molecule has 0 aromatic rings. The molecular weight excluding hydrogens is 206 g/mol. The van der Waals surface area contributed by atoms with E-state index in [4.69, 9.17) is 0 Å². The van der Waals surface area contributed by atoms with E-state index in [1.165, 1.54) is 28.8 Å². The van der Waals surface area contributed by atoms with Crippen molar-refractivity contribution in [3.05, 3.63) is 59.4 Å². The van der Waals surface area contributed by atoms with Crippen molar-refractivity contribution in [3.8, 4) is 0 Å². The Labute approximate surface area is 104 Å². The van der Waals surface area contributed by atoms with E-state index in [1.54, 1.807) is 5.57 Å². The molecule has 2 bridgehead atoms. The normalized spacial score (nSPS) is 27.2. The third-order valence-corrected chi connectivity index (χ3v) is 3.82. The first kappa shape index (κ1) is 12.0. The first-order valence-electron chi connectivity index (χ1n) is 6.21. The molecule has 0 spiro atoms. The minimum Gasteiger partial charge on any atom is -0.388 e. The largest absolute Gasteiger partial charge is 0.388 e. The standard InChI is InChI=1S/C16H21N/c1-6-7-14(17-5)16-11(4)12-8-13(9-12)15(16)10(2)3/h6-8,11,13,17H,1-2,9H2,3-5H3/b14-7-. The molecule has 1 nitrogen and oxygen atoms in total. The van der Waals surface area contributed by atoms with Crippen LogP contribution in [0.1, 0.15) is 20.3 Å². The molecule has 0 heterocycles. The van der Waals surface area contributed by atoms with Crippen LogP contribution in [0.4, 0.5) is 0 Å². The van der Waals surface area contributed by atoms with Crippen LogP contribution in [0.25, 0.3) is 0 Å². The van der Waals surface area contributed by atoms with Crippen LogP contribution in [0.5, 0.6) is 0 Å². The van der Waals surface area contributed by atoms with E-state index in [0.29, 0.717) is 11.8 Å². The van der Waals surface area contributed by atoms with E-state index in [9.17, 15) is 0 Å². The Balaban J connectivity index is 2.52. The van der Waals surface area contributed by atoms with Gasteiger partial charge in [-0.2, -0.15) is 0 Å². The van der Waals surface area contributed by atoms with E-state index >= 15 is 0 Å². The minimum atomic E-state index is 0.505. The predicted molar refractivity (Wildman–Crippen MR) is 74.5 cm³/mol. The summed E-state index contributed by atoms with van der Waals surface area (Å²) in [5.41, 5.74) is 6.78. The Kier molecular flexibility index (Phi) is 3.10. The molecule has 0 aromatic heterocycles. The molecule has 3 aliphatic carbocycles. The summed E-state index contributed by atoms with van der Waals surface area (Å²) in [6, 6.07) is 0. The number of hydrogen-bond donors (Lipinski definition) is 1. The molecular formula is C16H21N. The Morgan fingerprint density at radius 1 is 1.47 bits per heavy atom. The highest BCUT2D eigenvalue weighted by molar-refractivity contribution is 5.56. The Morgan fingerprint density at radius 2 is 2.12 bits per heavy atom. The molecule has 3 aliphatic rings. The highest BCUT2D eigenvalue weighted by Gasteiger charge is 2.37. The summed E-state index contributed by atoms with van der Waals surface area (Å²) < 4.78 is 0. The van der Waals surface area contributed by atoms with Gasteiger partial charge in [0.25, 0.3) is 0 Å². The maximum Gasteiger partial charge on any atom is 0.0379 e. The molecule has 1 heteroatoms. The maximum atomic E-state index is 4.15. The van der Waals surface area contributed by atoms with Crippen molar-refractivity contribution < 1.29 is 0 Å². The highest BCUT2D eigenvalue weighted by Crippen LogP contribution is 2.50. The Bertz CT molecular complexity index is 460. The lowest BCUT2D eigenvalue weighted by molar-refractivity contribution is 0.536. The van der Waals surface area contributed by atoms with Crippen molar-refractivity contribution in [2.24, 2.45) is 11.8 Å². The second kappa shape index (κ2) is 4.40. The Morgan fingerprint density at radius 3 is 2.59 bits per heavy atom. The molecule has 3 rings (SSSR count). The SMILES string of the molecule is C=C/C=C(\NC)C1=C(C(=C)C)C2C=C(C2)C1C. The summed E-state index contributed by atoms with van der Waals surface area (Å²) in [6.45, 7) is 12.3. The van der Waals surface area contributed by atoms with E-state index < -0.39 is 0 Å². The van der Waals surface area contributed by atoms with Gasteiger partial charge in [-0.1, -0.05) is 43.4 Å². The lowest BCUT2D eigenvalue weighted by Crippen LogP contribution is -2.30. The van der Waals surface area contributed by atoms with Gasteiger partial charge in [-0.15, -0.1) is 0 Å². The molecule has 0 amide bonds. The van der Waals surface area contributed by atoms with E-state index in [-0.39, 0.29) is 0 Å². The fraction of sp³-hybridized carbons (Fsp3) is 0.375. The summed E-state index contributed by atoms with van der Waals surface area (Å²) in [6.07, 6.45) is 7.52. The van der Waals surface area contributed by atoms with Crippen molar-refractivity contribution in [1.82, 2.24) is 5.32 Å². The van der Waals surface area contributed by atoms with Gasteiger partial charge in [0.05, 0.1) is 0 Å². The third-order valence-electron chi connectivity index (χ3n) is 3.82. The second-order valence-corrected chi connectivity index (χ2v) is 4.95. The van der Waals surface area contributed by atoms with Gasteiger partial charge in [0.15, 0.2) is 0 Å². The van der Waals surface area contributed by atoms with Crippen molar-refractivity contribution in [3.63, 3.8) is 0 Å². The van der Waals surface area contributed by atoms with Crippen molar-refractivity contribution >= 4 is 0 Å². The maximum absolute atomic E-state index is 4.15. The molecule has 0 fully saturated rings. The van der Waals surface area contributed by atoms with Crippen LogP contribution < -0.4 is 5.32 Å². The molecule has 0 saturated heterocycles. The summed E-state index contributed by atoms with van der Waals surface area (Å²) in [5, 5.41) is 3.29. The monoisotopic (exact) mass is 227 g/mol. The van der Waals surface area contributed by atoms with Gasteiger partial charge in [0, 0.05) is 24.6 Å². The van der Waals surface area contributed by atoms with Crippen LogP contribution in [-0.2, 0) is 0 Å². The molecule has 90 valence electrons. The minimum absolute atomic E-state index is 0.505. The van der Waals surface area contributed by atoms with E-state index in [2.05, 4.69) is 44.5 Å². The molecule has 17 heavy (non-hydrogen) atoms. The van der Waals surface area contributed by atoms with Crippen molar-refractivity contribution in [1.29, 1.82) is 0 Å². The molecule has 0 radical (unpaired) electrons. The predicted octanol–water partition coefficient (Wildman–Crippen LogP) is 3.74. The highest BCUT2D eigenvalue weighted by atomic mass is 14.8. The van der Waals surface area contributed by atoms with Crippen LogP contribution in [0.2, 0.25) is 0 Å². The fourth-order valence-electron chi connectivity index (χ4n) is 2.95. The van der Waals surface area contributed by atoms with E-state index in [1.807, 2.05) is 13.1 Å². The summed E-state index contributed by atoms with van der Waals surface area (Å²) >= 11 is 0. The van der Waals surface area contributed by atoms with Gasteiger partial charge in [-0.05, 0) is 30.6 Å². The lowest BCUT2D eigenvalue weighted by atomic mass is 9.64. The van der Waals surface area contributed by atoms with Gasteiger partial charge in [-0.25, -0.2) is 0 Å². The molecule has 0 saturated carbocycles. The molecule has 0 aromatic carbocycles. The topological polar surface area (TPSA) is 12.0 Å². The second-order valence-electron chi connectivity index (χ2n) is 4.95. The average Bonchev–Trinajstić information content (AvgIpc) is 2.23. The summed E-state index contributed by atoms with van der Waals surface area (Å²) in [5.74, 6) is 1.10. The molecule has 2 unspecified atom stereocenters. The zero-order valence-corrected chi connectivity index (χ0v) is 11.0. The van der Waals surface area contributed by atoms with Crippen molar-refractivity contribution in [2.45, 2.75) is 20.3 Å². The van der Waals surface area contributed by atoms with Gasteiger partial charge in [0.1, 0.15) is 0 Å². The van der Waals surface area contributed by atoms with Crippen LogP contribution in [0, 0.1) is 11.8 Å². The summed E-state index contributed by atoms with van der Waals surface area (Å²) in [4.78, 5) is 0. The molecule has 2 atom stereocenters. The van der Waals surface area contributed by atoms with E-state index in [0.717, 1.165) is 0 Å². The first-order chi connectivity index (χ1) is 8.10. The number of rotatable bonds is 4. The van der Waals surface area contributed by atoms with Crippen molar-refractivity contribution in [2.75, 3.05) is 7.05 Å². The number of nitrogens with one attached hydrogen (secondary N) is 1.